The van der Waals surface area contributed by atoms with Gasteiger partial charge >= 0.3 is 0 Å². The molecule has 0 saturated carbocycles. The molecule has 1 amide bonds. The number of pyridine rings is 2. The molecule has 3 aromatic rings. The topological polar surface area (TPSA) is 64.0 Å². The van der Waals surface area contributed by atoms with Crippen LogP contribution in [0, 0.1) is 13.8 Å². The van der Waals surface area contributed by atoms with Crippen LogP contribution in [-0.4, -0.2) is 15.5 Å². The van der Waals surface area contributed by atoms with Crippen molar-refractivity contribution >= 4 is 22.6 Å². The van der Waals surface area contributed by atoms with Crippen molar-refractivity contribution in [2.75, 3.05) is 5.32 Å². The summed E-state index contributed by atoms with van der Waals surface area (Å²) < 4.78 is 1.52. The predicted molar refractivity (Wildman–Crippen MR) is 95.5 cm³/mol. The van der Waals surface area contributed by atoms with E-state index < -0.39 is 5.91 Å². The molecule has 0 fully saturated rings. The molecule has 0 aliphatic carbocycles. The monoisotopic (exact) mass is 321 g/mol. The first-order chi connectivity index (χ1) is 11.5. The Kier molecular flexibility index (Phi) is 4.16. The van der Waals surface area contributed by atoms with E-state index in [-0.39, 0.29) is 11.1 Å². The molecule has 2 aromatic heterocycles. The zero-order valence-corrected chi connectivity index (χ0v) is 14.0. The molecule has 0 bridgehead atoms. The predicted octanol–water partition coefficient (Wildman–Crippen LogP) is 3.29. The van der Waals surface area contributed by atoms with Crippen molar-refractivity contribution in [2.45, 2.75) is 27.3 Å². The number of hydrogen-bond acceptors (Lipinski definition) is 3. The molecular formula is C19H19N3O2. The fourth-order valence-electron chi connectivity index (χ4n) is 2.81. The fraction of sp³-hybridized carbons (Fsp3) is 0.211. The Balaban J connectivity index is 2.07. The standard InChI is InChI=1S/C19H19N3O2/c1-4-22-17-14(6-5-9-20-17)11-15(19(22)24)18(23)21-16-8-7-12(2)10-13(16)3/h5-11H,4H2,1-3H3,(H,21,23). The molecule has 122 valence electrons. The minimum Gasteiger partial charge on any atom is -0.322 e. The lowest BCUT2D eigenvalue weighted by Crippen LogP contribution is -2.29. The number of carbonyl (C=O) groups is 1. The number of hydrogen-bond donors (Lipinski definition) is 1. The molecule has 0 aliphatic rings. The van der Waals surface area contributed by atoms with E-state index in [9.17, 15) is 9.59 Å². The minimum absolute atomic E-state index is 0.123. The first-order valence-corrected chi connectivity index (χ1v) is 7.88. The molecule has 0 radical (unpaired) electrons. The maximum atomic E-state index is 12.6. The maximum absolute atomic E-state index is 12.6. The maximum Gasteiger partial charge on any atom is 0.265 e. The lowest BCUT2D eigenvalue weighted by Gasteiger charge is -2.12. The van der Waals surface area contributed by atoms with Gasteiger partial charge in [-0.15, -0.1) is 0 Å². The molecule has 2 heterocycles. The number of benzene rings is 1. The SMILES string of the molecule is CCn1c(=O)c(C(=O)Nc2ccc(C)cc2C)cc2cccnc21. The van der Waals surface area contributed by atoms with E-state index in [1.165, 1.54) is 4.57 Å². The number of nitrogens with one attached hydrogen (secondary N) is 1. The highest BCUT2D eigenvalue weighted by Gasteiger charge is 2.16. The van der Waals surface area contributed by atoms with Crippen LogP contribution < -0.4 is 10.9 Å². The van der Waals surface area contributed by atoms with E-state index >= 15 is 0 Å². The summed E-state index contributed by atoms with van der Waals surface area (Å²) in [6, 6.07) is 11.0. The van der Waals surface area contributed by atoms with Gasteiger partial charge in [0.05, 0.1) is 0 Å². The molecule has 24 heavy (non-hydrogen) atoms. The van der Waals surface area contributed by atoms with Crippen molar-refractivity contribution in [1.29, 1.82) is 0 Å². The van der Waals surface area contributed by atoms with Crippen LogP contribution in [0.15, 0.2) is 47.4 Å². The van der Waals surface area contributed by atoms with E-state index in [4.69, 9.17) is 0 Å². The summed E-state index contributed by atoms with van der Waals surface area (Å²) >= 11 is 0. The van der Waals surface area contributed by atoms with Crippen LogP contribution in [0.25, 0.3) is 11.0 Å². The number of rotatable bonds is 3. The lowest BCUT2D eigenvalue weighted by molar-refractivity contribution is 0.102. The molecular weight excluding hydrogens is 302 g/mol. The highest BCUT2D eigenvalue weighted by Crippen LogP contribution is 2.17. The van der Waals surface area contributed by atoms with Crippen LogP contribution in [0.3, 0.4) is 0 Å². The normalized spacial score (nSPS) is 10.8. The van der Waals surface area contributed by atoms with Crippen LogP contribution in [0.2, 0.25) is 0 Å². The Morgan fingerprint density at radius 3 is 2.71 bits per heavy atom. The van der Waals surface area contributed by atoms with Gasteiger partial charge in [0.15, 0.2) is 0 Å². The third-order valence-electron chi connectivity index (χ3n) is 4.04. The molecule has 5 nitrogen and oxygen atoms in total. The Morgan fingerprint density at radius 2 is 2.00 bits per heavy atom. The molecule has 0 unspecified atom stereocenters. The van der Waals surface area contributed by atoms with Gasteiger partial charge in [0.2, 0.25) is 0 Å². The Hall–Kier alpha value is -2.95. The van der Waals surface area contributed by atoms with Crippen molar-refractivity contribution in [3.63, 3.8) is 0 Å². The van der Waals surface area contributed by atoms with Crippen molar-refractivity contribution in [3.8, 4) is 0 Å². The number of aryl methyl sites for hydroxylation is 3. The molecule has 3 rings (SSSR count). The Labute approximate surface area is 140 Å². The Morgan fingerprint density at radius 1 is 1.21 bits per heavy atom. The van der Waals surface area contributed by atoms with E-state index in [1.54, 1.807) is 18.3 Å². The number of nitrogens with zero attached hydrogens (tertiary/aromatic N) is 2. The summed E-state index contributed by atoms with van der Waals surface area (Å²) in [6.45, 7) is 6.24. The third-order valence-corrected chi connectivity index (χ3v) is 4.04. The van der Waals surface area contributed by atoms with Crippen LogP contribution in [0.5, 0.6) is 0 Å². The van der Waals surface area contributed by atoms with Crippen molar-refractivity contribution in [1.82, 2.24) is 9.55 Å². The first-order valence-electron chi connectivity index (χ1n) is 7.88. The highest BCUT2D eigenvalue weighted by molar-refractivity contribution is 6.06. The zero-order chi connectivity index (χ0) is 17.3. The van der Waals surface area contributed by atoms with E-state index in [0.29, 0.717) is 17.9 Å². The summed E-state index contributed by atoms with van der Waals surface area (Å²) in [4.78, 5) is 29.5. The molecule has 1 N–H and O–H groups in total. The summed E-state index contributed by atoms with van der Waals surface area (Å²) in [5.74, 6) is -0.403. The van der Waals surface area contributed by atoms with Crippen molar-refractivity contribution < 1.29 is 4.79 Å². The number of aromatic nitrogens is 2. The molecule has 0 spiro atoms. The molecule has 0 atom stereocenters. The van der Waals surface area contributed by atoms with Gasteiger partial charge in [-0.3, -0.25) is 14.2 Å². The average Bonchev–Trinajstić information content (AvgIpc) is 2.57. The van der Waals surface area contributed by atoms with Gasteiger partial charge in [0.25, 0.3) is 11.5 Å². The third kappa shape index (κ3) is 2.80. The number of anilines is 1. The highest BCUT2D eigenvalue weighted by atomic mass is 16.2. The first kappa shape index (κ1) is 15.9. The van der Waals surface area contributed by atoms with E-state index in [0.717, 1.165) is 16.5 Å². The van der Waals surface area contributed by atoms with Crippen LogP contribution in [0.1, 0.15) is 28.4 Å². The number of fused-ring (bicyclic) bond motifs is 1. The quantitative estimate of drug-likeness (QED) is 0.805. The van der Waals surface area contributed by atoms with Crippen molar-refractivity contribution in [2.24, 2.45) is 0 Å². The van der Waals surface area contributed by atoms with Gasteiger partial charge in [-0.2, -0.15) is 0 Å². The van der Waals surface area contributed by atoms with Gasteiger partial charge in [0, 0.05) is 23.8 Å². The van der Waals surface area contributed by atoms with Crippen LogP contribution in [-0.2, 0) is 6.54 Å². The lowest BCUT2D eigenvalue weighted by atomic mass is 10.1. The second-order valence-corrected chi connectivity index (χ2v) is 5.80. The summed E-state index contributed by atoms with van der Waals surface area (Å²) in [7, 11) is 0. The largest absolute Gasteiger partial charge is 0.322 e. The molecule has 0 saturated heterocycles. The van der Waals surface area contributed by atoms with E-state index in [1.807, 2.05) is 45.0 Å². The fourth-order valence-corrected chi connectivity index (χ4v) is 2.81. The smallest absolute Gasteiger partial charge is 0.265 e. The van der Waals surface area contributed by atoms with Crippen LogP contribution >= 0.6 is 0 Å². The molecule has 0 aliphatic heterocycles. The Bertz CT molecular complexity index is 990. The number of amides is 1. The van der Waals surface area contributed by atoms with Gasteiger partial charge in [-0.25, -0.2) is 4.98 Å². The molecule has 1 aromatic carbocycles. The number of carbonyl (C=O) groups excluding carboxylic acids is 1. The minimum atomic E-state index is -0.403. The van der Waals surface area contributed by atoms with Gasteiger partial charge < -0.3 is 5.32 Å². The van der Waals surface area contributed by atoms with Gasteiger partial charge in [0.1, 0.15) is 11.2 Å². The van der Waals surface area contributed by atoms with Gasteiger partial charge in [-0.1, -0.05) is 17.7 Å². The van der Waals surface area contributed by atoms with E-state index in [2.05, 4.69) is 10.3 Å². The molecule has 5 heteroatoms. The van der Waals surface area contributed by atoms with Crippen molar-refractivity contribution in [3.05, 3.63) is 69.6 Å². The van der Waals surface area contributed by atoms with Gasteiger partial charge in [-0.05, 0) is 50.6 Å². The zero-order valence-electron chi connectivity index (χ0n) is 14.0. The summed E-state index contributed by atoms with van der Waals surface area (Å²) in [5, 5.41) is 3.61. The van der Waals surface area contributed by atoms with Crippen LogP contribution in [0.4, 0.5) is 5.69 Å². The summed E-state index contributed by atoms with van der Waals surface area (Å²) in [6.07, 6.45) is 1.64. The second-order valence-electron chi connectivity index (χ2n) is 5.80. The average molecular weight is 321 g/mol. The second kappa shape index (κ2) is 6.28. The summed E-state index contributed by atoms with van der Waals surface area (Å²) in [5.41, 5.74) is 3.17.